The number of hydrogen-bond donors (Lipinski definition) is 1. The van der Waals surface area contributed by atoms with Gasteiger partial charge in [0.1, 0.15) is 5.82 Å². The van der Waals surface area contributed by atoms with Crippen LogP contribution in [0.1, 0.15) is 17.5 Å². The zero-order valence-corrected chi connectivity index (χ0v) is 14.5. The summed E-state index contributed by atoms with van der Waals surface area (Å²) in [7, 11) is 0. The highest BCUT2D eigenvalue weighted by molar-refractivity contribution is 6.31. The third-order valence-corrected chi connectivity index (χ3v) is 4.52. The van der Waals surface area contributed by atoms with E-state index in [9.17, 15) is 14.0 Å². The number of anilines is 1. The lowest BCUT2D eigenvalue weighted by atomic mass is 10.1. The molecule has 2 aromatic carbocycles. The summed E-state index contributed by atoms with van der Waals surface area (Å²) in [5, 5.41) is 2.64. The van der Waals surface area contributed by atoms with Crippen molar-refractivity contribution < 1.29 is 14.0 Å². The summed E-state index contributed by atoms with van der Waals surface area (Å²) in [4.78, 5) is 26.3. The lowest BCUT2D eigenvalue weighted by Gasteiger charge is -2.17. The van der Waals surface area contributed by atoms with Crippen LogP contribution < -0.4 is 5.32 Å². The summed E-state index contributed by atoms with van der Waals surface area (Å²) in [6, 6.07) is 11.9. The van der Waals surface area contributed by atoms with Crippen molar-refractivity contribution in [3.8, 4) is 0 Å². The van der Waals surface area contributed by atoms with Gasteiger partial charge in [-0.2, -0.15) is 0 Å². The van der Waals surface area contributed by atoms with Crippen molar-refractivity contribution in [1.29, 1.82) is 0 Å². The highest BCUT2D eigenvalue weighted by atomic mass is 35.5. The molecule has 2 aromatic rings. The van der Waals surface area contributed by atoms with Crippen molar-refractivity contribution >= 4 is 29.1 Å². The van der Waals surface area contributed by atoms with Gasteiger partial charge in [-0.05, 0) is 30.7 Å². The van der Waals surface area contributed by atoms with Crippen LogP contribution in [0.5, 0.6) is 0 Å². The first-order valence-electron chi connectivity index (χ1n) is 8.01. The Morgan fingerprint density at radius 1 is 1.32 bits per heavy atom. The minimum atomic E-state index is -0.542. The number of rotatable bonds is 4. The SMILES string of the molecule is Cc1cccc(CN2CC(C(=O)Nc3ccc(F)c(Cl)c3)CC2=O)c1. The van der Waals surface area contributed by atoms with E-state index in [-0.39, 0.29) is 23.3 Å². The Labute approximate surface area is 150 Å². The number of aryl methyl sites for hydroxylation is 1. The van der Waals surface area contributed by atoms with E-state index in [1.54, 1.807) is 4.90 Å². The molecule has 0 aliphatic carbocycles. The second-order valence-electron chi connectivity index (χ2n) is 6.28. The van der Waals surface area contributed by atoms with Crippen molar-refractivity contribution in [3.05, 3.63) is 64.4 Å². The molecule has 25 heavy (non-hydrogen) atoms. The second-order valence-corrected chi connectivity index (χ2v) is 6.69. The van der Waals surface area contributed by atoms with Crippen LogP contribution in [0, 0.1) is 18.7 Å². The summed E-state index contributed by atoms with van der Waals surface area (Å²) in [5.41, 5.74) is 2.59. The van der Waals surface area contributed by atoms with Crippen LogP contribution in [0.15, 0.2) is 42.5 Å². The first-order chi connectivity index (χ1) is 11.9. The molecular formula is C19H18ClFN2O2. The zero-order chi connectivity index (χ0) is 18.0. The maximum absolute atomic E-state index is 13.2. The molecule has 3 rings (SSSR count). The van der Waals surface area contributed by atoms with E-state index in [1.807, 2.05) is 31.2 Å². The quantitative estimate of drug-likeness (QED) is 0.902. The van der Waals surface area contributed by atoms with Gasteiger partial charge in [-0.3, -0.25) is 9.59 Å². The van der Waals surface area contributed by atoms with Gasteiger partial charge in [0.05, 0.1) is 10.9 Å². The van der Waals surface area contributed by atoms with E-state index >= 15 is 0 Å². The van der Waals surface area contributed by atoms with Crippen LogP contribution in [-0.4, -0.2) is 23.3 Å². The summed E-state index contributed by atoms with van der Waals surface area (Å²) < 4.78 is 13.2. The molecule has 1 heterocycles. The van der Waals surface area contributed by atoms with Crippen molar-refractivity contribution in [3.63, 3.8) is 0 Å². The molecule has 1 fully saturated rings. The number of benzene rings is 2. The molecule has 1 saturated heterocycles. The predicted octanol–water partition coefficient (Wildman–Crippen LogP) is 3.77. The van der Waals surface area contributed by atoms with E-state index in [4.69, 9.17) is 11.6 Å². The van der Waals surface area contributed by atoms with Crippen molar-refractivity contribution in [1.82, 2.24) is 4.90 Å². The Morgan fingerprint density at radius 3 is 2.84 bits per heavy atom. The van der Waals surface area contributed by atoms with Gasteiger partial charge in [-0.15, -0.1) is 0 Å². The van der Waals surface area contributed by atoms with E-state index in [0.717, 1.165) is 11.1 Å². The van der Waals surface area contributed by atoms with Crippen LogP contribution >= 0.6 is 11.6 Å². The summed E-state index contributed by atoms with van der Waals surface area (Å²) >= 11 is 5.72. The van der Waals surface area contributed by atoms with Crippen LogP contribution in [-0.2, 0) is 16.1 Å². The lowest BCUT2D eigenvalue weighted by Crippen LogP contribution is -2.28. The fourth-order valence-corrected chi connectivity index (χ4v) is 3.13. The average molecular weight is 361 g/mol. The van der Waals surface area contributed by atoms with E-state index in [2.05, 4.69) is 5.32 Å². The highest BCUT2D eigenvalue weighted by Crippen LogP contribution is 2.24. The predicted molar refractivity (Wildman–Crippen MR) is 94.7 cm³/mol. The van der Waals surface area contributed by atoms with Crippen molar-refractivity contribution in [2.75, 3.05) is 11.9 Å². The fourth-order valence-electron chi connectivity index (χ4n) is 2.95. The van der Waals surface area contributed by atoms with E-state index in [0.29, 0.717) is 18.8 Å². The van der Waals surface area contributed by atoms with Crippen molar-refractivity contribution in [2.45, 2.75) is 19.9 Å². The molecule has 0 aromatic heterocycles. The molecule has 1 aliphatic heterocycles. The van der Waals surface area contributed by atoms with Crippen molar-refractivity contribution in [2.24, 2.45) is 5.92 Å². The Hall–Kier alpha value is -2.40. The summed E-state index contributed by atoms with van der Waals surface area (Å²) in [6.45, 7) is 2.86. The molecule has 1 atom stereocenters. The third kappa shape index (κ3) is 4.17. The minimum Gasteiger partial charge on any atom is -0.338 e. The Kier molecular flexibility index (Phi) is 5.04. The van der Waals surface area contributed by atoms with Gasteiger partial charge in [-0.25, -0.2) is 4.39 Å². The first kappa shape index (κ1) is 17.4. The summed E-state index contributed by atoms with van der Waals surface area (Å²) in [5.74, 6) is -1.28. The number of nitrogens with one attached hydrogen (secondary N) is 1. The van der Waals surface area contributed by atoms with Gasteiger partial charge in [0, 0.05) is 25.2 Å². The monoisotopic (exact) mass is 360 g/mol. The van der Waals surface area contributed by atoms with E-state index in [1.165, 1.54) is 18.2 Å². The fraction of sp³-hybridized carbons (Fsp3) is 0.263. The Balaban J connectivity index is 1.63. The van der Waals surface area contributed by atoms with Gasteiger partial charge >= 0.3 is 0 Å². The Bertz CT molecular complexity index is 825. The molecule has 6 heteroatoms. The zero-order valence-electron chi connectivity index (χ0n) is 13.8. The molecule has 4 nitrogen and oxygen atoms in total. The molecule has 1 N–H and O–H groups in total. The number of halogens is 2. The maximum atomic E-state index is 13.2. The van der Waals surface area contributed by atoms with Crippen LogP contribution in [0.25, 0.3) is 0 Å². The number of carbonyl (C=O) groups excluding carboxylic acids is 2. The molecule has 0 radical (unpaired) electrons. The second kappa shape index (κ2) is 7.23. The lowest BCUT2D eigenvalue weighted by molar-refractivity contribution is -0.128. The van der Waals surface area contributed by atoms with Crippen LogP contribution in [0.4, 0.5) is 10.1 Å². The topological polar surface area (TPSA) is 49.4 Å². The maximum Gasteiger partial charge on any atom is 0.229 e. The van der Waals surface area contributed by atoms with Gasteiger partial charge < -0.3 is 10.2 Å². The number of nitrogens with zero attached hydrogens (tertiary/aromatic N) is 1. The molecule has 0 spiro atoms. The molecule has 130 valence electrons. The van der Waals surface area contributed by atoms with Gasteiger partial charge in [0.15, 0.2) is 0 Å². The van der Waals surface area contributed by atoms with Gasteiger partial charge in [0.25, 0.3) is 0 Å². The minimum absolute atomic E-state index is 0.0428. The smallest absolute Gasteiger partial charge is 0.229 e. The molecule has 1 unspecified atom stereocenters. The van der Waals surface area contributed by atoms with Gasteiger partial charge in [-0.1, -0.05) is 41.4 Å². The van der Waals surface area contributed by atoms with Crippen LogP contribution in [0.2, 0.25) is 5.02 Å². The normalized spacial score (nSPS) is 17.0. The third-order valence-electron chi connectivity index (χ3n) is 4.23. The molecule has 2 amide bonds. The number of likely N-dealkylation sites (tertiary alicyclic amines) is 1. The number of carbonyl (C=O) groups is 2. The first-order valence-corrected chi connectivity index (χ1v) is 8.39. The average Bonchev–Trinajstić information content (AvgIpc) is 2.92. The van der Waals surface area contributed by atoms with Crippen LogP contribution in [0.3, 0.4) is 0 Å². The molecule has 0 bridgehead atoms. The summed E-state index contributed by atoms with van der Waals surface area (Å²) in [6.07, 6.45) is 0.173. The highest BCUT2D eigenvalue weighted by Gasteiger charge is 2.34. The van der Waals surface area contributed by atoms with Gasteiger partial charge in [0.2, 0.25) is 11.8 Å². The standard InChI is InChI=1S/C19H18ClFN2O2/c1-12-3-2-4-13(7-12)10-23-11-14(8-18(23)24)19(25)22-15-5-6-17(21)16(20)9-15/h2-7,9,14H,8,10-11H2,1H3,(H,22,25). The molecular weight excluding hydrogens is 343 g/mol. The van der Waals surface area contributed by atoms with E-state index < -0.39 is 11.7 Å². The molecule has 1 aliphatic rings. The number of hydrogen-bond acceptors (Lipinski definition) is 2. The largest absolute Gasteiger partial charge is 0.338 e. The Morgan fingerprint density at radius 2 is 2.12 bits per heavy atom. The number of amides is 2. The molecule has 0 saturated carbocycles.